The van der Waals surface area contributed by atoms with Gasteiger partial charge in [-0.1, -0.05) is 48.5 Å². The molecule has 1 amide bonds. The average molecular weight is 304 g/mol. The number of hydrogen-bond acceptors (Lipinski definition) is 3. The number of hydrogen-bond donors (Lipinski definition) is 2. The summed E-state index contributed by atoms with van der Waals surface area (Å²) in [4.78, 5) is 11.5. The van der Waals surface area contributed by atoms with E-state index in [4.69, 9.17) is 5.73 Å². The molecule has 0 spiro atoms. The van der Waals surface area contributed by atoms with E-state index in [2.05, 4.69) is 4.72 Å². The zero-order valence-corrected chi connectivity index (χ0v) is 12.1. The number of benzene rings is 2. The van der Waals surface area contributed by atoms with Gasteiger partial charge in [0.1, 0.15) is 0 Å². The molecule has 0 saturated heterocycles. The van der Waals surface area contributed by atoms with Crippen molar-refractivity contribution < 1.29 is 13.2 Å². The Bertz CT molecular complexity index is 700. The lowest BCUT2D eigenvalue weighted by Gasteiger charge is -2.16. The van der Waals surface area contributed by atoms with Crippen LogP contribution in [0, 0.1) is 0 Å². The highest BCUT2D eigenvalue weighted by molar-refractivity contribution is 7.94. The molecule has 2 aromatic rings. The third kappa shape index (κ3) is 4.06. The van der Waals surface area contributed by atoms with E-state index in [1.807, 2.05) is 6.07 Å². The van der Waals surface area contributed by atoms with Crippen LogP contribution in [0.1, 0.15) is 5.56 Å². The van der Waals surface area contributed by atoms with Gasteiger partial charge in [-0.3, -0.25) is 9.52 Å². The van der Waals surface area contributed by atoms with Gasteiger partial charge in [-0.2, -0.15) is 0 Å². The SMILES string of the molecule is NC(=O)C(Cc1ccccc1)S(=O)(=O)Nc1ccccc1. The van der Waals surface area contributed by atoms with Crippen LogP contribution in [0.3, 0.4) is 0 Å². The van der Waals surface area contributed by atoms with Crippen molar-refractivity contribution in [2.75, 3.05) is 4.72 Å². The van der Waals surface area contributed by atoms with Crippen molar-refractivity contribution in [2.45, 2.75) is 11.7 Å². The number of para-hydroxylation sites is 1. The van der Waals surface area contributed by atoms with Gasteiger partial charge in [0, 0.05) is 5.69 Å². The molecule has 21 heavy (non-hydrogen) atoms. The van der Waals surface area contributed by atoms with Gasteiger partial charge in [0.2, 0.25) is 15.9 Å². The Labute approximate surface area is 123 Å². The maximum atomic E-state index is 12.3. The molecular formula is C15H16N2O3S. The van der Waals surface area contributed by atoms with Crippen LogP contribution in [0.25, 0.3) is 0 Å². The Morgan fingerprint density at radius 1 is 1.00 bits per heavy atom. The van der Waals surface area contributed by atoms with Crippen LogP contribution in [-0.2, 0) is 21.2 Å². The van der Waals surface area contributed by atoms with E-state index >= 15 is 0 Å². The first kappa shape index (κ1) is 15.1. The van der Waals surface area contributed by atoms with Crippen LogP contribution in [0.2, 0.25) is 0 Å². The molecule has 3 N–H and O–H groups in total. The van der Waals surface area contributed by atoms with Crippen molar-refractivity contribution in [1.29, 1.82) is 0 Å². The van der Waals surface area contributed by atoms with Crippen LogP contribution in [0.4, 0.5) is 5.69 Å². The summed E-state index contributed by atoms with van der Waals surface area (Å²) in [5.74, 6) is -0.873. The quantitative estimate of drug-likeness (QED) is 0.848. The third-order valence-corrected chi connectivity index (χ3v) is 4.66. The Hall–Kier alpha value is -2.34. The van der Waals surface area contributed by atoms with Gasteiger partial charge >= 0.3 is 0 Å². The molecule has 0 aliphatic carbocycles. The third-order valence-electron chi connectivity index (χ3n) is 2.99. The van der Waals surface area contributed by atoms with Gasteiger partial charge in [-0.05, 0) is 24.1 Å². The molecule has 0 heterocycles. The summed E-state index contributed by atoms with van der Waals surface area (Å²) in [6.45, 7) is 0. The number of primary amides is 1. The van der Waals surface area contributed by atoms with Gasteiger partial charge in [0.25, 0.3) is 0 Å². The number of sulfonamides is 1. The number of nitrogens with one attached hydrogen (secondary N) is 1. The van der Waals surface area contributed by atoms with Gasteiger partial charge in [-0.25, -0.2) is 8.42 Å². The van der Waals surface area contributed by atoms with E-state index in [9.17, 15) is 13.2 Å². The summed E-state index contributed by atoms with van der Waals surface area (Å²) < 4.78 is 27.1. The van der Waals surface area contributed by atoms with Crippen molar-refractivity contribution >= 4 is 21.6 Å². The first-order valence-electron chi connectivity index (χ1n) is 6.39. The minimum Gasteiger partial charge on any atom is -0.368 e. The zero-order chi connectivity index (χ0) is 15.3. The molecule has 5 nitrogen and oxygen atoms in total. The van der Waals surface area contributed by atoms with Crippen molar-refractivity contribution in [1.82, 2.24) is 0 Å². The van der Waals surface area contributed by atoms with E-state index in [0.29, 0.717) is 5.69 Å². The monoisotopic (exact) mass is 304 g/mol. The summed E-state index contributed by atoms with van der Waals surface area (Å²) in [6, 6.07) is 17.3. The molecule has 1 unspecified atom stereocenters. The summed E-state index contributed by atoms with van der Waals surface area (Å²) in [7, 11) is -3.90. The summed E-state index contributed by atoms with van der Waals surface area (Å²) >= 11 is 0. The molecule has 0 aliphatic heterocycles. The first-order valence-corrected chi connectivity index (χ1v) is 7.93. The Morgan fingerprint density at radius 3 is 2.05 bits per heavy atom. The number of anilines is 1. The van der Waals surface area contributed by atoms with Crippen LogP contribution in [0.15, 0.2) is 60.7 Å². The fourth-order valence-corrected chi connectivity index (χ4v) is 3.26. The maximum absolute atomic E-state index is 12.3. The molecule has 2 rings (SSSR count). The molecule has 0 saturated carbocycles. The Morgan fingerprint density at radius 2 is 1.52 bits per heavy atom. The fourth-order valence-electron chi connectivity index (χ4n) is 1.93. The lowest BCUT2D eigenvalue weighted by molar-refractivity contribution is -0.117. The summed E-state index contributed by atoms with van der Waals surface area (Å²) in [5, 5.41) is -1.32. The molecule has 110 valence electrons. The van der Waals surface area contributed by atoms with Crippen LogP contribution in [-0.4, -0.2) is 19.6 Å². The highest BCUT2D eigenvalue weighted by Crippen LogP contribution is 2.15. The van der Waals surface area contributed by atoms with Crippen LogP contribution >= 0.6 is 0 Å². The molecule has 0 fully saturated rings. The molecule has 6 heteroatoms. The standard InChI is InChI=1S/C15H16N2O3S/c16-15(18)14(11-12-7-3-1-4-8-12)21(19,20)17-13-9-5-2-6-10-13/h1-10,14,17H,11H2,(H2,16,18). The van der Waals surface area contributed by atoms with Gasteiger partial charge in [0.05, 0.1) is 0 Å². The number of nitrogens with two attached hydrogens (primary N) is 1. The lowest BCUT2D eigenvalue weighted by Crippen LogP contribution is -2.40. The smallest absolute Gasteiger partial charge is 0.245 e. The number of rotatable bonds is 6. The summed E-state index contributed by atoms with van der Waals surface area (Å²) in [5.41, 5.74) is 6.40. The highest BCUT2D eigenvalue weighted by atomic mass is 32.2. The van der Waals surface area contributed by atoms with E-state index < -0.39 is 21.2 Å². The second-order valence-electron chi connectivity index (χ2n) is 4.59. The predicted octanol–water partition coefficient (Wildman–Crippen LogP) is 1.52. The van der Waals surface area contributed by atoms with E-state index in [1.165, 1.54) is 0 Å². The molecular weight excluding hydrogens is 288 g/mol. The Balaban J connectivity index is 2.23. The van der Waals surface area contributed by atoms with E-state index in [-0.39, 0.29) is 6.42 Å². The minimum absolute atomic E-state index is 0.0400. The van der Waals surface area contributed by atoms with Crippen molar-refractivity contribution in [3.8, 4) is 0 Å². The molecule has 2 aromatic carbocycles. The zero-order valence-electron chi connectivity index (χ0n) is 11.3. The molecule has 0 aromatic heterocycles. The molecule has 0 radical (unpaired) electrons. The molecule has 0 bridgehead atoms. The van der Waals surface area contributed by atoms with Gasteiger partial charge < -0.3 is 5.73 Å². The average Bonchev–Trinajstić information content (AvgIpc) is 2.46. The predicted molar refractivity (Wildman–Crippen MR) is 82.1 cm³/mol. The highest BCUT2D eigenvalue weighted by Gasteiger charge is 2.31. The van der Waals surface area contributed by atoms with E-state index in [1.54, 1.807) is 54.6 Å². The summed E-state index contributed by atoms with van der Waals surface area (Å²) in [6.07, 6.45) is 0.0400. The minimum atomic E-state index is -3.90. The fraction of sp³-hybridized carbons (Fsp3) is 0.133. The van der Waals surface area contributed by atoms with Crippen molar-refractivity contribution in [3.05, 3.63) is 66.2 Å². The molecule has 0 aliphatic rings. The number of carbonyl (C=O) groups excluding carboxylic acids is 1. The first-order chi connectivity index (χ1) is 9.99. The second kappa shape index (κ2) is 6.41. The normalized spacial score (nSPS) is 12.6. The van der Waals surface area contributed by atoms with Gasteiger partial charge in [-0.15, -0.1) is 0 Å². The van der Waals surface area contributed by atoms with Crippen LogP contribution < -0.4 is 10.5 Å². The Kier molecular flexibility index (Phi) is 4.59. The second-order valence-corrected chi connectivity index (χ2v) is 6.46. The molecule has 1 atom stereocenters. The number of carbonyl (C=O) groups is 1. The number of amides is 1. The van der Waals surface area contributed by atoms with Crippen LogP contribution in [0.5, 0.6) is 0 Å². The maximum Gasteiger partial charge on any atom is 0.245 e. The van der Waals surface area contributed by atoms with Crippen molar-refractivity contribution in [3.63, 3.8) is 0 Å². The van der Waals surface area contributed by atoms with Gasteiger partial charge in [0.15, 0.2) is 5.25 Å². The topological polar surface area (TPSA) is 89.3 Å². The van der Waals surface area contributed by atoms with Crippen molar-refractivity contribution in [2.24, 2.45) is 5.73 Å². The lowest BCUT2D eigenvalue weighted by atomic mass is 10.1. The largest absolute Gasteiger partial charge is 0.368 e. The van der Waals surface area contributed by atoms with E-state index in [0.717, 1.165) is 5.56 Å².